The zero-order chi connectivity index (χ0) is 44.1. The van der Waals surface area contributed by atoms with E-state index < -0.39 is 35.2 Å². The Hall–Kier alpha value is -6.55. The molecule has 0 saturated heterocycles. The van der Waals surface area contributed by atoms with E-state index in [1.54, 1.807) is 0 Å². The Morgan fingerprint density at radius 1 is 0.852 bits per heavy atom. The predicted octanol–water partition coefficient (Wildman–Crippen LogP) is 10.1. The molecule has 23 heteroatoms. The summed E-state index contributed by atoms with van der Waals surface area (Å²) in [6.45, 7) is 5.13. The average Bonchev–Trinajstić information content (AvgIpc) is 3.61. The molecule has 0 amide bonds. The van der Waals surface area contributed by atoms with Crippen LogP contribution in [0, 0.1) is 18.3 Å². The van der Waals surface area contributed by atoms with Gasteiger partial charge in [-0.05, 0) is 78.4 Å². The number of pyridine rings is 1. The molecule has 0 saturated carbocycles. The van der Waals surface area contributed by atoms with E-state index in [1.165, 1.54) is 43.3 Å². The lowest BCUT2D eigenvalue weighted by Crippen LogP contribution is -2.07. The molecule has 0 atom stereocenters. The first-order valence-corrected chi connectivity index (χ1v) is 22.6. The molecule has 5 N–H and O–H groups in total. The average molecular weight is 918 g/mol. The van der Waals surface area contributed by atoms with Crippen molar-refractivity contribution in [3.8, 4) is 17.3 Å². The minimum atomic E-state index is -4.68. The fourth-order valence-corrected chi connectivity index (χ4v) is 7.95. The first-order chi connectivity index (χ1) is 28.8. The number of nitrogens with one attached hydrogen (secondary N) is 2. The normalized spacial score (nSPS) is 12.7. The van der Waals surface area contributed by atoms with Gasteiger partial charge in [0.25, 0.3) is 30.4 Å². The number of azo groups is 2. The molecule has 0 aliphatic rings. The van der Waals surface area contributed by atoms with Crippen molar-refractivity contribution >= 4 is 103 Å². The molecule has 0 spiro atoms. The standard InChI is InChI=1S/C38H28ClN9O9S4/c1-3-6-26(17-18-59(49,50)51)41-35-30(21-40)22(2)33(36(44-35)42-27-11-14-29(15-12-27)60(52,53)54)46-48-38-43-34(25-10-9-23-7-4-5-8-24(23)19-25)37(58-38)47-45-28-13-16-31(39)32(20-28)61(55,56)57/h3-20H,1H2,2H3,(H2,41,42,44)(H,49,50,51)(H,52,53,54)(H,55,56,57)/b18-17-,26-6+,47-45?,48-46?. The molecule has 4 aromatic carbocycles. The van der Waals surface area contributed by atoms with Crippen molar-refractivity contribution in [3.05, 3.63) is 137 Å². The lowest BCUT2D eigenvalue weighted by Gasteiger charge is -2.16. The van der Waals surface area contributed by atoms with Gasteiger partial charge in [0.15, 0.2) is 16.6 Å². The summed E-state index contributed by atoms with van der Waals surface area (Å²) in [4.78, 5) is 8.26. The summed E-state index contributed by atoms with van der Waals surface area (Å²) in [5.74, 6) is -0.137. The highest BCUT2D eigenvalue weighted by Crippen LogP contribution is 2.43. The van der Waals surface area contributed by atoms with Crippen LogP contribution < -0.4 is 10.6 Å². The number of allylic oxidation sites excluding steroid dienone is 3. The van der Waals surface area contributed by atoms with Crippen molar-refractivity contribution in [2.45, 2.75) is 16.7 Å². The van der Waals surface area contributed by atoms with Crippen LogP contribution in [0.4, 0.5) is 38.8 Å². The van der Waals surface area contributed by atoms with Crippen LogP contribution in [0.25, 0.3) is 22.0 Å². The van der Waals surface area contributed by atoms with Gasteiger partial charge in [-0.1, -0.05) is 72.0 Å². The summed E-state index contributed by atoms with van der Waals surface area (Å²) in [6, 6.07) is 23.8. The van der Waals surface area contributed by atoms with Crippen molar-refractivity contribution in [1.29, 1.82) is 5.26 Å². The largest absolute Gasteiger partial charge is 0.339 e. The van der Waals surface area contributed by atoms with Crippen LogP contribution in [-0.4, -0.2) is 48.9 Å². The maximum atomic E-state index is 11.9. The fraction of sp³-hybridized carbons (Fsp3) is 0.0263. The minimum absolute atomic E-state index is 0.00761. The zero-order valence-electron chi connectivity index (χ0n) is 31.0. The lowest BCUT2D eigenvalue weighted by molar-refractivity contribution is 0.481. The maximum Gasteiger partial charge on any atom is 0.296 e. The van der Waals surface area contributed by atoms with Gasteiger partial charge >= 0.3 is 0 Å². The Morgan fingerprint density at radius 3 is 2.23 bits per heavy atom. The summed E-state index contributed by atoms with van der Waals surface area (Å²) in [5, 5.41) is 35.8. The molecular weight excluding hydrogens is 890 g/mol. The Labute approximate surface area is 357 Å². The van der Waals surface area contributed by atoms with E-state index in [4.69, 9.17) is 11.6 Å². The van der Waals surface area contributed by atoms with Gasteiger partial charge < -0.3 is 10.6 Å². The molecule has 6 aromatic rings. The molecule has 6 rings (SSSR count). The highest BCUT2D eigenvalue weighted by molar-refractivity contribution is 7.88. The molecule has 0 unspecified atom stereocenters. The van der Waals surface area contributed by atoms with E-state index in [-0.39, 0.29) is 65.6 Å². The smallest absolute Gasteiger partial charge is 0.296 e. The Morgan fingerprint density at radius 2 is 1.57 bits per heavy atom. The summed E-state index contributed by atoms with van der Waals surface area (Å²) in [6.07, 6.45) is 3.67. The Bertz CT molecular complexity index is 3240. The highest BCUT2D eigenvalue weighted by Gasteiger charge is 2.21. The van der Waals surface area contributed by atoms with Gasteiger partial charge in [-0.25, -0.2) is 9.97 Å². The number of halogens is 1. The third-order valence-corrected chi connectivity index (χ3v) is 11.7. The zero-order valence-corrected chi connectivity index (χ0v) is 35.1. The molecule has 0 bridgehead atoms. The molecule has 0 aliphatic heterocycles. The third kappa shape index (κ3) is 11.0. The summed E-state index contributed by atoms with van der Waals surface area (Å²) < 4.78 is 98.4. The number of nitrogens with zero attached hydrogens (tertiary/aromatic N) is 7. The molecule has 0 fully saturated rings. The van der Waals surface area contributed by atoms with Crippen LogP contribution in [0.3, 0.4) is 0 Å². The van der Waals surface area contributed by atoms with Gasteiger partial charge in [0.1, 0.15) is 22.3 Å². The van der Waals surface area contributed by atoms with Crippen LogP contribution in [-0.2, 0) is 30.4 Å². The number of benzene rings is 4. The van der Waals surface area contributed by atoms with E-state index >= 15 is 0 Å². The summed E-state index contributed by atoms with van der Waals surface area (Å²) in [7, 11) is -13.8. The first-order valence-electron chi connectivity index (χ1n) is 17.0. The minimum Gasteiger partial charge on any atom is -0.339 e. The lowest BCUT2D eigenvalue weighted by atomic mass is 10.1. The summed E-state index contributed by atoms with van der Waals surface area (Å²) in [5.41, 5.74) is 1.44. The van der Waals surface area contributed by atoms with Crippen molar-refractivity contribution in [3.63, 3.8) is 0 Å². The number of thiazole rings is 1. The molecular formula is C38H28ClN9O9S4. The van der Waals surface area contributed by atoms with Gasteiger partial charge in [-0.15, -0.1) is 20.5 Å². The first kappa shape index (κ1) is 44.0. The number of anilines is 3. The van der Waals surface area contributed by atoms with E-state index in [0.717, 1.165) is 46.4 Å². The van der Waals surface area contributed by atoms with Crippen LogP contribution in [0.2, 0.25) is 5.02 Å². The topological polar surface area (TPSA) is 286 Å². The Kier molecular flexibility index (Phi) is 13.0. The van der Waals surface area contributed by atoms with Crippen LogP contribution in [0.15, 0.2) is 151 Å². The SMILES string of the molecule is C=C/C=C(\C=C/S(=O)(=O)O)Nc1nc(Nc2ccc(S(=O)(=O)O)cc2)c(N=Nc2nc(-c3ccc4ccccc4c3)c(N=Nc3ccc(Cl)c(S(=O)(=O)O)c3)s2)c(C)c1C#N. The van der Waals surface area contributed by atoms with Crippen molar-refractivity contribution < 1.29 is 38.9 Å². The van der Waals surface area contributed by atoms with Crippen molar-refractivity contribution in [2.75, 3.05) is 10.6 Å². The number of hydrogen-bond acceptors (Lipinski definition) is 16. The van der Waals surface area contributed by atoms with Gasteiger partial charge in [0.05, 0.1) is 26.6 Å². The van der Waals surface area contributed by atoms with E-state index in [1.807, 2.05) is 48.5 Å². The van der Waals surface area contributed by atoms with E-state index in [9.17, 15) is 44.2 Å². The van der Waals surface area contributed by atoms with Crippen LogP contribution in [0.1, 0.15) is 11.1 Å². The van der Waals surface area contributed by atoms with Crippen LogP contribution >= 0.6 is 22.9 Å². The molecule has 2 aromatic heterocycles. The quantitative estimate of drug-likeness (QED) is 0.0386. The van der Waals surface area contributed by atoms with Gasteiger partial charge in [-0.3, -0.25) is 13.7 Å². The summed E-state index contributed by atoms with van der Waals surface area (Å²) >= 11 is 6.93. The monoisotopic (exact) mass is 917 g/mol. The number of nitriles is 1. The molecule has 0 aliphatic carbocycles. The van der Waals surface area contributed by atoms with Crippen molar-refractivity contribution in [2.24, 2.45) is 20.5 Å². The number of hydrogen-bond donors (Lipinski definition) is 5. The molecule has 310 valence electrons. The van der Waals surface area contributed by atoms with Crippen molar-refractivity contribution in [1.82, 2.24) is 9.97 Å². The van der Waals surface area contributed by atoms with E-state index in [0.29, 0.717) is 16.7 Å². The molecule has 0 radical (unpaired) electrons. The van der Waals surface area contributed by atoms with Gasteiger partial charge in [-0.2, -0.15) is 30.5 Å². The van der Waals surface area contributed by atoms with E-state index in [2.05, 4.69) is 47.6 Å². The molecule has 61 heavy (non-hydrogen) atoms. The number of rotatable bonds is 14. The fourth-order valence-electron chi connectivity index (χ4n) is 5.42. The second-order valence-corrected chi connectivity index (χ2v) is 17.9. The number of fused-ring (bicyclic) bond motifs is 1. The molecule has 2 heterocycles. The van der Waals surface area contributed by atoms with Gasteiger partial charge in [0.2, 0.25) is 5.13 Å². The second-order valence-electron chi connectivity index (χ2n) is 12.4. The highest BCUT2D eigenvalue weighted by atomic mass is 35.5. The maximum absolute atomic E-state index is 11.9. The Balaban J connectivity index is 1.48. The van der Waals surface area contributed by atoms with Crippen LogP contribution in [0.5, 0.6) is 0 Å². The van der Waals surface area contributed by atoms with Gasteiger partial charge in [0, 0.05) is 22.5 Å². The molecule has 18 nitrogen and oxygen atoms in total. The number of aromatic nitrogens is 2. The predicted molar refractivity (Wildman–Crippen MR) is 230 cm³/mol. The second kappa shape index (κ2) is 18.0. The third-order valence-electron chi connectivity index (χ3n) is 8.23.